The number of nitrogens with two attached hydrogens (primary N) is 1. The fourth-order valence-corrected chi connectivity index (χ4v) is 0.921. The van der Waals surface area contributed by atoms with E-state index in [1.165, 1.54) is 0 Å². The van der Waals surface area contributed by atoms with Gasteiger partial charge in [0.1, 0.15) is 0 Å². The summed E-state index contributed by atoms with van der Waals surface area (Å²) in [6.07, 6.45) is 6.71. The monoisotopic (exact) mass is 159 g/mol. The molecule has 10 heavy (non-hydrogen) atoms. The Morgan fingerprint density at radius 1 is 1.70 bits per heavy atom. The SMILES string of the molecule is C/C=C/CC(Cl)/C=C(\C)N. The van der Waals surface area contributed by atoms with E-state index in [-0.39, 0.29) is 5.38 Å². The molecule has 0 fully saturated rings. The Hall–Kier alpha value is -0.430. The summed E-state index contributed by atoms with van der Waals surface area (Å²) in [7, 11) is 0. The number of hydrogen-bond acceptors (Lipinski definition) is 1. The summed E-state index contributed by atoms with van der Waals surface area (Å²) in [6, 6.07) is 0. The lowest BCUT2D eigenvalue weighted by Crippen LogP contribution is -1.97. The fraction of sp³-hybridized carbons (Fsp3) is 0.500. The normalized spacial score (nSPS) is 16.1. The number of rotatable bonds is 3. The van der Waals surface area contributed by atoms with Crippen molar-refractivity contribution in [2.24, 2.45) is 5.73 Å². The Bertz CT molecular complexity index is 134. The third kappa shape index (κ3) is 5.70. The van der Waals surface area contributed by atoms with E-state index >= 15 is 0 Å². The van der Waals surface area contributed by atoms with Crippen molar-refractivity contribution in [1.29, 1.82) is 0 Å². The van der Waals surface area contributed by atoms with Crippen LogP contribution in [0.4, 0.5) is 0 Å². The Balaban J connectivity index is 3.63. The Labute approximate surface area is 67.6 Å². The lowest BCUT2D eigenvalue weighted by atomic mass is 10.2. The first kappa shape index (κ1) is 9.57. The first-order valence-corrected chi connectivity index (χ1v) is 3.79. The van der Waals surface area contributed by atoms with Crippen LogP contribution < -0.4 is 5.73 Å². The zero-order valence-corrected chi connectivity index (χ0v) is 7.23. The van der Waals surface area contributed by atoms with Crippen molar-refractivity contribution in [3.8, 4) is 0 Å². The summed E-state index contributed by atoms with van der Waals surface area (Å²) >= 11 is 5.85. The van der Waals surface area contributed by atoms with Gasteiger partial charge in [-0.1, -0.05) is 12.2 Å². The standard InChI is InChI=1S/C8H14ClN/c1-3-4-5-8(9)6-7(2)10/h3-4,6,8H,5,10H2,1-2H3/b4-3+,7-6+. The van der Waals surface area contributed by atoms with Crippen molar-refractivity contribution in [2.75, 3.05) is 0 Å². The molecule has 2 N–H and O–H groups in total. The molecule has 0 saturated heterocycles. The fourth-order valence-electron chi connectivity index (χ4n) is 0.619. The van der Waals surface area contributed by atoms with Crippen LogP contribution in [0, 0.1) is 0 Å². The topological polar surface area (TPSA) is 26.0 Å². The molecule has 0 amide bonds. The second-order valence-electron chi connectivity index (χ2n) is 2.23. The molecule has 0 bridgehead atoms. The van der Waals surface area contributed by atoms with Crippen LogP contribution in [0.15, 0.2) is 23.9 Å². The molecule has 2 heteroatoms. The second kappa shape index (κ2) is 5.36. The highest BCUT2D eigenvalue weighted by atomic mass is 35.5. The van der Waals surface area contributed by atoms with Crippen molar-refractivity contribution in [2.45, 2.75) is 25.6 Å². The first-order chi connectivity index (χ1) is 4.66. The van der Waals surface area contributed by atoms with E-state index in [1.54, 1.807) is 0 Å². The molecule has 58 valence electrons. The lowest BCUT2D eigenvalue weighted by Gasteiger charge is -1.98. The maximum atomic E-state index is 5.85. The first-order valence-electron chi connectivity index (χ1n) is 3.36. The molecule has 0 aromatic rings. The van der Waals surface area contributed by atoms with Gasteiger partial charge in [0.2, 0.25) is 0 Å². The molecule has 0 aromatic heterocycles. The number of alkyl halides is 1. The van der Waals surface area contributed by atoms with Gasteiger partial charge in [0, 0.05) is 5.70 Å². The quantitative estimate of drug-likeness (QED) is 0.497. The average Bonchev–Trinajstić information content (AvgIpc) is 1.82. The van der Waals surface area contributed by atoms with E-state index in [2.05, 4.69) is 0 Å². The van der Waals surface area contributed by atoms with Gasteiger partial charge in [0.25, 0.3) is 0 Å². The van der Waals surface area contributed by atoms with Gasteiger partial charge in [-0.05, 0) is 26.3 Å². The van der Waals surface area contributed by atoms with Crippen molar-refractivity contribution in [3.05, 3.63) is 23.9 Å². The Morgan fingerprint density at radius 3 is 2.70 bits per heavy atom. The van der Waals surface area contributed by atoms with E-state index in [0.717, 1.165) is 12.1 Å². The van der Waals surface area contributed by atoms with Crippen LogP contribution in [0.3, 0.4) is 0 Å². The molecule has 1 atom stereocenters. The smallest absolute Gasteiger partial charge is 0.0569 e. The predicted molar refractivity (Wildman–Crippen MR) is 47.0 cm³/mol. The molecule has 0 aromatic carbocycles. The molecular formula is C8H14ClN. The zero-order valence-electron chi connectivity index (χ0n) is 6.47. The average molecular weight is 160 g/mol. The predicted octanol–water partition coefficient (Wildman–Crippen LogP) is 2.42. The van der Waals surface area contributed by atoms with Crippen molar-refractivity contribution in [3.63, 3.8) is 0 Å². The summed E-state index contributed by atoms with van der Waals surface area (Å²) in [5.74, 6) is 0. The Kier molecular flexibility index (Phi) is 5.13. The van der Waals surface area contributed by atoms with Crippen LogP contribution in [0.5, 0.6) is 0 Å². The van der Waals surface area contributed by atoms with Gasteiger partial charge in [-0.15, -0.1) is 11.6 Å². The molecule has 0 aliphatic rings. The van der Waals surface area contributed by atoms with Crippen LogP contribution in [0.25, 0.3) is 0 Å². The summed E-state index contributed by atoms with van der Waals surface area (Å²) in [4.78, 5) is 0. The van der Waals surface area contributed by atoms with Crippen LogP contribution >= 0.6 is 11.6 Å². The summed E-state index contributed by atoms with van der Waals surface area (Å²) in [6.45, 7) is 3.81. The van der Waals surface area contributed by atoms with Gasteiger partial charge >= 0.3 is 0 Å². The molecule has 1 unspecified atom stereocenters. The molecule has 0 heterocycles. The van der Waals surface area contributed by atoms with Gasteiger partial charge in [-0.2, -0.15) is 0 Å². The maximum absolute atomic E-state index is 5.85. The summed E-state index contributed by atoms with van der Waals surface area (Å²) in [5.41, 5.74) is 6.20. The molecule has 0 saturated carbocycles. The van der Waals surface area contributed by atoms with Crippen LogP contribution in [-0.2, 0) is 0 Å². The number of halogens is 1. The highest BCUT2D eigenvalue weighted by Crippen LogP contribution is 2.05. The maximum Gasteiger partial charge on any atom is 0.0569 e. The molecule has 0 radical (unpaired) electrons. The number of allylic oxidation sites excluding steroid dienone is 4. The lowest BCUT2D eigenvalue weighted by molar-refractivity contribution is 1.03. The molecule has 0 rings (SSSR count). The minimum atomic E-state index is 0.0428. The minimum Gasteiger partial charge on any atom is -0.402 e. The van der Waals surface area contributed by atoms with E-state index in [0.29, 0.717) is 0 Å². The van der Waals surface area contributed by atoms with Gasteiger partial charge < -0.3 is 5.73 Å². The van der Waals surface area contributed by atoms with Crippen LogP contribution in [0.2, 0.25) is 0 Å². The van der Waals surface area contributed by atoms with Crippen LogP contribution in [0.1, 0.15) is 20.3 Å². The van der Waals surface area contributed by atoms with E-state index in [9.17, 15) is 0 Å². The third-order valence-corrected chi connectivity index (χ3v) is 1.34. The third-order valence-electron chi connectivity index (χ3n) is 1.04. The minimum absolute atomic E-state index is 0.0428. The van der Waals surface area contributed by atoms with Gasteiger partial charge in [-0.3, -0.25) is 0 Å². The largest absolute Gasteiger partial charge is 0.402 e. The molecule has 0 spiro atoms. The molecule has 0 aliphatic heterocycles. The molecular weight excluding hydrogens is 146 g/mol. The summed E-state index contributed by atoms with van der Waals surface area (Å²) < 4.78 is 0. The Morgan fingerprint density at radius 2 is 2.30 bits per heavy atom. The molecule has 0 aliphatic carbocycles. The van der Waals surface area contributed by atoms with E-state index < -0.39 is 0 Å². The second-order valence-corrected chi connectivity index (χ2v) is 2.79. The van der Waals surface area contributed by atoms with E-state index in [1.807, 2.05) is 32.1 Å². The van der Waals surface area contributed by atoms with Gasteiger partial charge in [-0.25, -0.2) is 0 Å². The van der Waals surface area contributed by atoms with Gasteiger partial charge in [0.05, 0.1) is 5.38 Å². The molecule has 1 nitrogen and oxygen atoms in total. The van der Waals surface area contributed by atoms with Crippen molar-refractivity contribution in [1.82, 2.24) is 0 Å². The van der Waals surface area contributed by atoms with Crippen molar-refractivity contribution < 1.29 is 0 Å². The van der Waals surface area contributed by atoms with E-state index in [4.69, 9.17) is 17.3 Å². The van der Waals surface area contributed by atoms with Gasteiger partial charge in [0.15, 0.2) is 0 Å². The van der Waals surface area contributed by atoms with Crippen molar-refractivity contribution >= 4 is 11.6 Å². The highest BCUT2D eigenvalue weighted by molar-refractivity contribution is 6.21. The highest BCUT2D eigenvalue weighted by Gasteiger charge is 1.95. The zero-order chi connectivity index (χ0) is 7.98. The number of hydrogen-bond donors (Lipinski definition) is 1. The van der Waals surface area contributed by atoms with Crippen LogP contribution in [-0.4, -0.2) is 5.38 Å². The summed E-state index contributed by atoms with van der Waals surface area (Å²) in [5, 5.41) is 0.0428.